The van der Waals surface area contributed by atoms with Crippen LogP contribution in [-0.4, -0.2) is 20.4 Å². The molecule has 1 atom stereocenters. The van der Waals surface area contributed by atoms with Gasteiger partial charge in [-0.2, -0.15) is 0 Å². The average Bonchev–Trinajstić information content (AvgIpc) is 2.47. The Kier molecular flexibility index (Phi) is 4.39. The fourth-order valence-corrected chi connectivity index (χ4v) is 1.91. The predicted octanol–water partition coefficient (Wildman–Crippen LogP) is 2.40. The number of aromatic nitrogens is 3. The summed E-state index contributed by atoms with van der Waals surface area (Å²) in [5.74, 6) is 0.666. The lowest BCUT2D eigenvalue weighted by molar-refractivity contribution is 0.542. The largest absolute Gasteiger partial charge is 0.255 e. The Morgan fingerprint density at radius 3 is 2.71 bits per heavy atom. The second kappa shape index (κ2) is 5.35. The lowest BCUT2D eigenvalue weighted by Crippen LogP contribution is -2.05. The van der Waals surface area contributed by atoms with Crippen LogP contribution in [0.3, 0.4) is 0 Å². The van der Waals surface area contributed by atoms with E-state index in [4.69, 9.17) is 11.6 Å². The van der Waals surface area contributed by atoms with Crippen LogP contribution in [0.25, 0.3) is 0 Å². The molecule has 1 unspecified atom stereocenters. The third-order valence-corrected chi connectivity index (χ3v) is 2.49. The fraction of sp³-hybridized carbons (Fsp3) is 0.800. The summed E-state index contributed by atoms with van der Waals surface area (Å²) in [6.07, 6.45) is 4.92. The van der Waals surface area contributed by atoms with Gasteiger partial charge < -0.3 is 0 Å². The summed E-state index contributed by atoms with van der Waals surface area (Å²) >= 11 is 6.18. The standard InChI is InChI=1S/C10H18ClN3/c1-8(2)6-9(11)4-5-10-7-14(3)13-12-10/h7-9H,4-6H2,1-3H3. The Hall–Kier alpha value is -0.570. The molecule has 1 heterocycles. The third-order valence-electron chi connectivity index (χ3n) is 2.09. The molecule has 0 aliphatic carbocycles. The van der Waals surface area contributed by atoms with E-state index in [1.165, 1.54) is 0 Å². The molecule has 0 saturated heterocycles. The number of nitrogens with zero attached hydrogens (tertiary/aromatic N) is 3. The normalized spacial score (nSPS) is 13.5. The minimum absolute atomic E-state index is 0.261. The molecule has 0 amide bonds. The molecule has 14 heavy (non-hydrogen) atoms. The monoisotopic (exact) mass is 215 g/mol. The van der Waals surface area contributed by atoms with Gasteiger partial charge in [-0.25, -0.2) is 0 Å². The summed E-state index contributed by atoms with van der Waals surface area (Å²) in [6.45, 7) is 4.38. The van der Waals surface area contributed by atoms with Crippen molar-refractivity contribution in [2.75, 3.05) is 0 Å². The summed E-state index contributed by atoms with van der Waals surface area (Å²) in [5, 5.41) is 8.16. The molecule has 1 aromatic heterocycles. The summed E-state index contributed by atoms with van der Waals surface area (Å²) < 4.78 is 1.72. The van der Waals surface area contributed by atoms with E-state index in [2.05, 4.69) is 24.2 Å². The lowest BCUT2D eigenvalue weighted by Gasteiger charge is -2.10. The Morgan fingerprint density at radius 2 is 2.21 bits per heavy atom. The van der Waals surface area contributed by atoms with Crippen molar-refractivity contribution in [3.8, 4) is 0 Å². The minimum Gasteiger partial charge on any atom is -0.255 e. The number of rotatable bonds is 5. The van der Waals surface area contributed by atoms with E-state index >= 15 is 0 Å². The van der Waals surface area contributed by atoms with E-state index < -0.39 is 0 Å². The number of halogens is 1. The predicted molar refractivity (Wildman–Crippen MR) is 58.4 cm³/mol. The number of hydrogen-bond donors (Lipinski definition) is 0. The topological polar surface area (TPSA) is 30.7 Å². The van der Waals surface area contributed by atoms with Gasteiger partial charge in [-0.3, -0.25) is 4.68 Å². The van der Waals surface area contributed by atoms with Gasteiger partial charge in [0.15, 0.2) is 0 Å². The fourth-order valence-electron chi connectivity index (χ4n) is 1.44. The minimum atomic E-state index is 0.261. The van der Waals surface area contributed by atoms with E-state index in [0.717, 1.165) is 25.0 Å². The maximum atomic E-state index is 6.18. The Morgan fingerprint density at radius 1 is 1.50 bits per heavy atom. The van der Waals surface area contributed by atoms with Crippen molar-refractivity contribution in [2.45, 2.75) is 38.5 Å². The second-order valence-electron chi connectivity index (χ2n) is 4.15. The quantitative estimate of drug-likeness (QED) is 0.707. The van der Waals surface area contributed by atoms with Crippen LogP contribution < -0.4 is 0 Å². The Labute approximate surface area is 90.4 Å². The van der Waals surface area contributed by atoms with Crippen LogP contribution in [0, 0.1) is 5.92 Å². The van der Waals surface area contributed by atoms with Crippen LogP contribution in [0.15, 0.2) is 6.20 Å². The molecule has 3 nitrogen and oxygen atoms in total. The molecular weight excluding hydrogens is 198 g/mol. The molecule has 0 saturated carbocycles. The van der Waals surface area contributed by atoms with Gasteiger partial charge in [0.2, 0.25) is 0 Å². The van der Waals surface area contributed by atoms with Gasteiger partial charge in [-0.05, 0) is 25.2 Å². The van der Waals surface area contributed by atoms with Crippen LogP contribution in [0.2, 0.25) is 0 Å². The van der Waals surface area contributed by atoms with Gasteiger partial charge >= 0.3 is 0 Å². The first-order valence-corrected chi connectivity index (χ1v) is 5.51. The van der Waals surface area contributed by atoms with Crippen molar-refractivity contribution in [3.63, 3.8) is 0 Å². The van der Waals surface area contributed by atoms with E-state index in [9.17, 15) is 0 Å². The molecule has 0 radical (unpaired) electrons. The zero-order valence-electron chi connectivity index (χ0n) is 9.07. The molecule has 0 aliphatic heterocycles. The number of hydrogen-bond acceptors (Lipinski definition) is 2. The molecule has 4 heteroatoms. The molecule has 0 fully saturated rings. The van der Waals surface area contributed by atoms with Crippen LogP contribution in [0.1, 0.15) is 32.4 Å². The Balaban J connectivity index is 2.26. The first-order valence-electron chi connectivity index (χ1n) is 5.07. The smallest absolute Gasteiger partial charge is 0.0827 e. The van der Waals surface area contributed by atoms with Crippen LogP contribution in [0.4, 0.5) is 0 Å². The van der Waals surface area contributed by atoms with Crippen molar-refractivity contribution in [3.05, 3.63) is 11.9 Å². The molecular formula is C10H18ClN3. The number of alkyl halides is 1. The van der Waals surface area contributed by atoms with Crippen molar-refractivity contribution < 1.29 is 0 Å². The zero-order chi connectivity index (χ0) is 10.6. The number of aryl methyl sites for hydroxylation is 2. The molecule has 0 spiro atoms. The molecule has 80 valence electrons. The highest BCUT2D eigenvalue weighted by molar-refractivity contribution is 6.20. The van der Waals surface area contributed by atoms with Gasteiger partial charge in [0.1, 0.15) is 0 Å². The van der Waals surface area contributed by atoms with Crippen molar-refractivity contribution in [2.24, 2.45) is 13.0 Å². The van der Waals surface area contributed by atoms with Crippen LogP contribution >= 0.6 is 11.6 Å². The van der Waals surface area contributed by atoms with Crippen LogP contribution in [0.5, 0.6) is 0 Å². The zero-order valence-corrected chi connectivity index (χ0v) is 9.83. The van der Waals surface area contributed by atoms with Gasteiger partial charge in [-0.1, -0.05) is 19.1 Å². The average molecular weight is 216 g/mol. The summed E-state index contributed by atoms with van der Waals surface area (Å²) in [7, 11) is 1.88. The van der Waals surface area contributed by atoms with Crippen molar-refractivity contribution in [1.82, 2.24) is 15.0 Å². The van der Waals surface area contributed by atoms with Gasteiger partial charge in [-0.15, -0.1) is 16.7 Å². The Bertz CT molecular complexity index is 270. The van der Waals surface area contributed by atoms with Gasteiger partial charge in [0.25, 0.3) is 0 Å². The molecule has 1 aromatic rings. The highest BCUT2D eigenvalue weighted by Crippen LogP contribution is 2.15. The molecule has 0 aromatic carbocycles. The maximum absolute atomic E-state index is 6.18. The molecule has 1 rings (SSSR count). The van der Waals surface area contributed by atoms with E-state index in [1.807, 2.05) is 13.2 Å². The van der Waals surface area contributed by atoms with Gasteiger partial charge in [0, 0.05) is 18.6 Å². The summed E-state index contributed by atoms with van der Waals surface area (Å²) in [6, 6.07) is 0. The van der Waals surface area contributed by atoms with E-state index in [-0.39, 0.29) is 5.38 Å². The van der Waals surface area contributed by atoms with Crippen molar-refractivity contribution in [1.29, 1.82) is 0 Å². The first kappa shape index (κ1) is 11.5. The molecule has 0 N–H and O–H groups in total. The van der Waals surface area contributed by atoms with E-state index in [0.29, 0.717) is 5.92 Å². The first-order chi connectivity index (χ1) is 6.58. The SMILES string of the molecule is CC(C)CC(Cl)CCc1cn(C)nn1. The maximum Gasteiger partial charge on any atom is 0.0827 e. The highest BCUT2D eigenvalue weighted by Gasteiger charge is 2.08. The van der Waals surface area contributed by atoms with E-state index in [1.54, 1.807) is 4.68 Å². The van der Waals surface area contributed by atoms with Crippen LogP contribution in [-0.2, 0) is 13.5 Å². The highest BCUT2D eigenvalue weighted by atomic mass is 35.5. The lowest BCUT2D eigenvalue weighted by atomic mass is 10.0. The summed E-state index contributed by atoms with van der Waals surface area (Å²) in [4.78, 5) is 0. The van der Waals surface area contributed by atoms with Crippen molar-refractivity contribution >= 4 is 11.6 Å². The second-order valence-corrected chi connectivity index (χ2v) is 4.77. The molecule has 0 aliphatic rings. The van der Waals surface area contributed by atoms with Gasteiger partial charge in [0.05, 0.1) is 5.69 Å². The molecule has 0 bridgehead atoms. The summed E-state index contributed by atoms with van der Waals surface area (Å²) in [5.41, 5.74) is 1.03. The third kappa shape index (κ3) is 4.09.